The summed E-state index contributed by atoms with van der Waals surface area (Å²) in [5, 5.41) is 3.48. The first-order valence-corrected chi connectivity index (χ1v) is 7.01. The highest BCUT2D eigenvalue weighted by atomic mass is 19.1. The van der Waals surface area contributed by atoms with E-state index in [1.54, 1.807) is 7.11 Å². The number of hydrogen-bond donors (Lipinski definition) is 1. The molecule has 1 unspecified atom stereocenters. The van der Waals surface area contributed by atoms with Crippen LogP contribution in [-0.2, 0) is 6.54 Å². The zero-order chi connectivity index (χ0) is 13.7. The lowest BCUT2D eigenvalue weighted by molar-refractivity contribution is 0.250. The van der Waals surface area contributed by atoms with E-state index in [-0.39, 0.29) is 5.82 Å². The normalized spacial score (nSPS) is 19.1. The van der Waals surface area contributed by atoms with Crippen LogP contribution in [-0.4, -0.2) is 37.7 Å². The van der Waals surface area contributed by atoms with Crippen LogP contribution >= 0.6 is 0 Å². The molecule has 106 valence electrons. The van der Waals surface area contributed by atoms with Gasteiger partial charge in [-0.25, -0.2) is 4.39 Å². The molecule has 1 aromatic rings. The van der Waals surface area contributed by atoms with Crippen molar-refractivity contribution in [3.63, 3.8) is 0 Å². The quantitative estimate of drug-likeness (QED) is 0.855. The Morgan fingerprint density at radius 1 is 1.47 bits per heavy atom. The van der Waals surface area contributed by atoms with Gasteiger partial charge in [-0.15, -0.1) is 0 Å². The van der Waals surface area contributed by atoms with Crippen molar-refractivity contribution in [1.82, 2.24) is 10.2 Å². The van der Waals surface area contributed by atoms with E-state index >= 15 is 0 Å². The van der Waals surface area contributed by atoms with Gasteiger partial charge in [-0.05, 0) is 32.0 Å². The molecule has 0 spiro atoms. The Labute approximate surface area is 114 Å². The van der Waals surface area contributed by atoms with Crippen LogP contribution in [0.4, 0.5) is 4.39 Å². The third-order valence-electron chi connectivity index (χ3n) is 3.74. The fourth-order valence-corrected chi connectivity index (χ4v) is 2.55. The highest BCUT2D eigenvalue weighted by Gasteiger charge is 2.18. The summed E-state index contributed by atoms with van der Waals surface area (Å²) < 4.78 is 19.0. The molecule has 1 saturated heterocycles. The van der Waals surface area contributed by atoms with Gasteiger partial charge in [0.2, 0.25) is 0 Å². The van der Waals surface area contributed by atoms with Crippen LogP contribution in [0.3, 0.4) is 0 Å². The van der Waals surface area contributed by atoms with Gasteiger partial charge in [0, 0.05) is 30.8 Å². The molecule has 1 N–H and O–H groups in total. The smallest absolute Gasteiger partial charge is 0.131 e. The monoisotopic (exact) mass is 266 g/mol. The molecule has 1 heterocycles. The van der Waals surface area contributed by atoms with E-state index in [0.29, 0.717) is 18.3 Å². The number of methoxy groups -OCH3 is 1. The van der Waals surface area contributed by atoms with Gasteiger partial charge in [0.05, 0.1) is 7.11 Å². The second kappa shape index (κ2) is 6.87. The molecule has 0 aliphatic carbocycles. The summed E-state index contributed by atoms with van der Waals surface area (Å²) in [7, 11) is 1.55. The van der Waals surface area contributed by atoms with E-state index < -0.39 is 0 Å². The van der Waals surface area contributed by atoms with E-state index in [0.717, 1.165) is 25.2 Å². The van der Waals surface area contributed by atoms with Crippen LogP contribution < -0.4 is 10.1 Å². The van der Waals surface area contributed by atoms with Gasteiger partial charge in [-0.3, -0.25) is 4.90 Å². The SMILES string of the molecule is CCN(Cc1ccc(OC)cc1F)CC1CCCN1. The predicted octanol–water partition coefficient (Wildman–Crippen LogP) is 2.41. The fourth-order valence-electron chi connectivity index (χ4n) is 2.55. The Morgan fingerprint density at radius 3 is 2.89 bits per heavy atom. The molecule has 1 atom stereocenters. The Bertz CT molecular complexity index is 405. The van der Waals surface area contributed by atoms with Crippen molar-refractivity contribution >= 4 is 0 Å². The Morgan fingerprint density at radius 2 is 2.32 bits per heavy atom. The molecular weight excluding hydrogens is 243 g/mol. The molecule has 3 nitrogen and oxygen atoms in total. The summed E-state index contributed by atoms with van der Waals surface area (Å²) >= 11 is 0. The zero-order valence-electron chi connectivity index (χ0n) is 11.8. The largest absolute Gasteiger partial charge is 0.497 e. The summed E-state index contributed by atoms with van der Waals surface area (Å²) in [6.07, 6.45) is 2.47. The van der Waals surface area contributed by atoms with Crippen molar-refractivity contribution in [1.29, 1.82) is 0 Å². The summed E-state index contributed by atoms with van der Waals surface area (Å²) in [6, 6.07) is 5.65. The third-order valence-corrected chi connectivity index (χ3v) is 3.74. The molecule has 1 aliphatic rings. The van der Waals surface area contributed by atoms with E-state index in [1.807, 2.05) is 12.1 Å². The molecular formula is C15H23FN2O. The topological polar surface area (TPSA) is 24.5 Å². The van der Waals surface area contributed by atoms with Crippen LogP contribution in [0.5, 0.6) is 5.75 Å². The van der Waals surface area contributed by atoms with Crippen LogP contribution in [0.15, 0.2) is 18.2 Å². The number of halogens is 1. The number of hydrogen-bond acceptors (Lipinski definition) is 3. The maximum atomic E-state index is 13.9. The maximum Gasteiger partial charge on any atom is 0.131 e. The molecule has 1 fully saturated rings. The van der Waals surface area contributed by atoms with E-state index in [2.05, 4.69) is 17.1 Å². The van der Waals surface area contributed by atoms with E-state index in [1.165, 1.54) is 18.9 Å². The average Bonchev–Trinajstić information content (AvgIpc) is 2.92. The maximum absolute atomic E-state index is 13.9. The van der Waals surface area contributed by atoms with Gasteiger partial charge in [0.15, 0.2) is 0 Å². The lowest BCUT2D eigenvalue weighted by Gasteiger charge is -2.24. The Hall–Kier alpha value is -1.13. The molecule has 0 radical (unpaired) electrons. The first-order chi connectivity index (χ1) is 9.22. The van der Waals surface area contributed by atoms with Gasteiger partial charge in [-0.1, -0.05) is 13.0 Å². The molecule has 0 bridgehead atoms. The standard InChI is InChI=1S/C15H23FN2O/c1-3-18(11-13-5-4-8-17-13)10-12-6-7-14(19-2)9-15(12)16/h6-7,9,13,17H,3-5,8,10-11H2,1-2H3. The molecule has 0 amide bonds. The molecule has 1 aliphatic heterocycles. The number of nitrogens with one attached hydrogen (secondary N) is 1. The first kappa shape index (κ1) is 14.3. The zero-order valence-corrected chi connectivity index (χ0v) is 11.8. The number of benzene rings is 1. The van der Waals surface area contributed by atoms with Crippen molar-refractivity contribution in [2.75, 3.05) is 26.7 Å². The van der Waals surface area contributed by atoms with Crippen LogP contribution in [0.25, 0.3) is 0 Å². The second-order valence-electron chi connectivity index (χ2n) is 5.08. The molecule has 2 rings (SSSR count). The Balaban J connectivity index is 1.96. The van der Waals surface area contributed by atoms with Crippen molar-refractivity contribution in [2.45, 2.75) is 32.4 Å². The number of rotatable bonds is 6. The average molecular weight is 266 g/mol. The lowest BCUT2D eigenvalue weighted by Crippen LogP contribution is -2.37. The molecule has 0 saturated carbocycles. The lowest BCUT2D eigenvalue weighted by atomic mass is 10.1. The summed E-state index contributed by atoms with van der Waals surface area (Å²) in [5.74, 6) is 0.388. The number of likely N-dealkylation sites (N-methyl/N-ethyl adjacent to an activating group) is 1. The van der Waals surface area contributed by atoms with Crippen molar-refractivity contribution < 1.29 is 9.13 Å². The van der Waals surface area contributed by atoms with E-state index in [4.69, 9.17) is 4.74 Å². The van der Waals surface area contributed by atoms with E-state index in [9.17, 15) is 4.39 Å². The summed E-state index contributed by atoms with van der Waals surface area (Å²) in [5.41, 5.74) is 0.737. The highest BCUT2D eigenvalue weighted by Crippen LogP contribution is 2.18. The Kier molecular flexibility index (Phi) is 5.16. The first-order valence-electron chi connectivity index (χ1n) is 7.01. The molecule has 19 heavy (non-hydrogen) atoms. The van der Waals surface area contributed by atoms with Crippen LogP contribution in [0, 0.1) is 5.82 Å². The number of ether oxygens (including phenoxy) is 1. The third kappa shape index (κ3) is 3.91. The van der Waals surface area contributed by atoms with Gasteiger partial charge in [0.25, 0.3) is 0 Å². The second-order valence-corrected chi connectivity index (χ2v) is 5.08. The van der Waals surface area contributed by atoms with Gasteiger partial charge < -0.3 is 10.1 Å². The molecule has 1 aromatic carbocycles. The number of nitrogens with zero attached hydrogens (tertiary/aromatic N) is 1. The van der Waals surface area contributed by atoms with Gasteiger partial charge in [0.1, 0.15) is 11.6 Å². The van der Waals surface area contributed by atoms with Crippen molar-refractivity contribution in [2.24, 2.45) is 0 Å². The minimum Gasteiger partial charge on any atom is -0.497 e. The highest BCUT2D eigenvalue weighted by molar-refractivity contribution is 5.28. The summed E-state index contributed by atoms with van der Waals surface area (Å²) in [6.45, 7) is 5.81. The molecule has 4 heteroatoms. The van der Waals surface area contributed by atoms with Gasteiger partial charge >= 0.3 is 0 Å². The van der Waals surface area contributed by atoms with Crippen LogP contribution in [0.1, 0.15) is 25.3 Å². The minimum atomic E-state index is -0.183. The molecule has 0 aromatic heterocycles. The van der Waals surface area contributed by atoms with Crippen molar-refractivity contribution in [3.8, 4) is 5.75 Å². The fraction of sp³-hybridized carbons (Fsp3) is 0.600. The van der Waals surface area contributed by atoms with Gasteiger partial charge in [-0.2, -0.15) is 0 Å². The minimum absolute atomic E-state index is 0.183. The predicted molar refractivity (Wildman–Crippen MR) is 74.9 cm³/mol. The van der Waals surface area contributed by atoms with Crippen LogP contribution in [0.2, 0.25) is 0 Å². The van der Waals surface area contributed by atoms with Crippen molar-refractivity contribution in [3.05, 3.63) is 29.6 Å². The summed E-state index contributed by atoms with van der Waals surface area (Å²) in [4.78, 5) is 2.29.